The molecule has 1 aliphatic rings. The Morgan fingerprint density at radius 2 is 2.10 bits per heavy atom. The van der Waals surface area contributed by atoms with Crippen LogP contribution in [-0.4, -0.2) is 36.8 Å². The number of benzene rings is 1. The van der Waals surface area contributed by atoms with Crippen molar-refractivity contribution in [1.82, 2.24) is 15.6 Å². The van der Waals surface area contributed by atoms with E-state index in [1.807, 2.05) is 25.1 Å². The number of hydrogen-bond donors (Lipinski definition) is 2. The third-order valence-electron chi connectivity index (χ3n) is 4.54. The van der Waals surface area contributed by atoms with E-state index in [-0.39, 0.29) is 30.1 Å². The van der Waals surface area contributed by atoms with Crippen LogP contribution < -0.4 is 15.4 Å². The SMILES string of the molecule is CCNC(=NCc1ccc(C)cc1OC1CCOC1)NCc1cccc(C)n1.I. The molecule has 6 nitrogen and oxygen atoms in total. The van der Waals surface area contributed by atoms with Crippen LogP contribution in [0.15, 0.2) is 41.4 Å². The quantitative estimate of drug-likeness (QED) is 0.338. The predicted molar refractivity (Wildman–Crippen MR) is 127 cm³/mol. The average molecular weight is 510 g/mol. The highest BCUT2D eigenvalue weighted by atomic mass is 127. The van der Waals surface area contributed by atoms with Crippen LogP contribution in [-0.2, 0) is 17.8 Å². The number of nitrogens with zero attached hydrogens (tertiary/aromatic N) is 2. The van der Waals surface area contributed by atoms with Crippen molar-refractivity contribution in [2.24, 2.45) is 4.99 Å². The second-order valence-electron chi connectivity index (χ2n) is 7.03. The molecular formula is C22H31IN4O2. The normalized spacial score (nSPS) is 16.2. The average Bonchev–Trinajstić information content (AvgIpc) is 3.18. The van der Waals surface area contributed by atoms with Crippen molar-refractivity contribution >= 4 is 29.9 Å². The fraction of sp³-hybridized carbons (Fsp3) is 0.455. The number of halogens is 1. The van der Waals surface area contributed by atoms with Gasteiger partial charge in [0.2, 0.25) is 0 Å². The molecule has 7 heteroatoms. The molecule has 1 aliphatic heterocycles. The third-order valence-corrected chi connectivity index (χ3v) is 4.54. The van der Waals surface area contributed by atoms with Gasteiger partial charge < -0.3 is 20.1 Å². The lowest BCUT2D eigenvalue weighted by Crippen LogP contribution is -2.37. The summed E-state index contributed by atoms with van der Waals surface area (Å²) in [5.41, 5.74) is 4.25. The molecule has 0 bridgehead atoms. The number of nitrogens with one attached hydrogen (secondary N) is 2. The Balaban J connectivity index is 0.00000300. The van der Waals surface area contributed by atoms with Crippen LogP contribution in [0.1, 0.15) is 35.9 Å². The van der Waals surface area contributed by atoms with E-state index in [2.05, 4.69) is 47.7 Å². The van der Waals surface area contributed by atoms with Crippen LogP contribution in [0.3, 0.4) is 0 Å². The number of hydrogen-bond acceptors (Lipinski definition) is 4. The summed E-state index contributed by atoms with van der Waals surface area (Å²) in [5, 5.41) is 6.65. The Labute approximate surface area is 190 Å². The number of pyridine rings is 1. The third kappa shape index (κ3) is 7.47. The van der Waals surface area contributed by atoms with Gasteiger partial charge >= 0.3 is 0 Å². The van der Waals surface area contributed by atoms with Crippen LogP contribution in [0.5, 0.6) is 5.75 Å². The Morgan fingerprint density at radius 1 is 1.24 bits per heavy atom. The van der Waals surface area contributed by atoms with Gasteiger partial charge in [-0.2, -0.15) is 0 Å². The van der Waals surface area contributed by atoms with E-state index in [0.717, 1.165) is 48.2 Å². The minimum absolute atomic E-state index is 0. The minimum Gasteiger partial charge on any atom is -0.488 e. The fourth-order valence-electron chi connectivity index (χ4n) is 3.07. The zero-order chi connectivity index (χ0) is 19.8. The van der Waals surface area contributed by atoms with E-state index < -0.39 is 0 Å². The zero-order valence-electron chi connectivity index (χ0n) is 17.4. The molecule has 3 rings (SSSR count). The van der Waals surface area contributed by atoms with Crippen molar-refractivity contribution in [3.8, 4) is 5.75 Å². The number of aryl methyl sites for hydroxylation is 2. The maximum absolute atomic E-state index is 6.18. The van der Waals surface area contributed by atoms with Gasteiger partial charge in [-0.25, -0.2) is 4.99 Å². The first-order valence-electron chi connectivity index (χ1n) is 9.92. The van der Waals surface area contributed by atoms with Gasteiger partial charge in [0.05, 0.1) is 32.0 Å². The van der Waals surface area contributed by atoms with E-state index in [4.69, 9.17) is 14.5 Å². The predicted octanol–water partition coefficient (Wildman–Crippen LogP) is 3.74. The highest BCUT2D eigenvalue weighted by Gasteiger charge is 2.18. The highest BCUT2D eigenvalue weighted by Crippen LogP contribution is 2.24. The van der Waals surface area contributed by atoms with Crippen molar-refractivity contribution in [2.45, 2.75) is 46.4 Å². The van der Waals surface area contributed by atoms with Crippen molar-refractivity contribution in [3.05, 3.63) is 58.9 Å². The second kappa shape index (κ2) is 12.0. The summed E-state index contributed by atoms with van der Waals surface area (Å²) in [6.45, 7) is 9.52. The summed E-state index contributed by atoms with van der Waals surface area (Å²) < 4.78 is 11.6. The topological polar surface area (TPSA) is 67.8 Å². The van der Waals surface area contributed by atoms with Crippen LogP contribution in [0.25, 0.3) is 0 Å². The summed E-state index contributed by atoms with van der Waals surface area (Å²) in [4.78, 5) is 9.27. The maximum atomic E-state index is 6.18. The Hall–Kier alpha value is -1.87. The molecule has 2 aromatic rings. The molecule has 1 fully saturated rings. The standard InChI is InChI=1S/C22H30N4O2.HI/c1-4-23-22(25-14-19-7-5-6-17(3)26-19)24-13-18-9-8-16(2)12-21(18)28-20-10-11-27-15-20;/h5-9,12,20H,4,10-11,13-15H2,1-3H3,(H2,23,24,25);1H. The molecule has 0 aliphatic carbocycles. The molecule has 0 amide bonds. The van der Waals surface area contributed by atoms with Gasteiger partial charge in [-0.05, 0) is 44.5 Å². The molecule has 29 heavy (non-hydrogen) atoms. The van der Waals surface area contributed by atoms with Gasteiger partial charge in [0.1, 0.15) is 11.9 Å². The van der Waals surface area contributed by atoms with Crippen LogP contribution in [0, 0.1) is 13.8 Å². The van der Waals surface area contributed by atoms with Gasteiger partial charge in [0.15, 0.2) is 5.96 Å². The Kier molecular flexibility index (Phi) is 9.66. The molecule has 158 valence electrons. The molecule has 2 heterocycles. The molecule has 1 atom stereocenters. The van der Waals surface area contributed by atoms with Crippen molar-refractivity contribution < 1.29 is 9.47 Å². The first-order chi connectivity index (χ1) is 13.6. The largest absolute Gasteiger partial charge is 0.488 e. The van der Waals surface area contributed by atoms with Crippen LogP contribution in [0.2, 0.25) is 0 Å². The first-order valence-corrected chi connectivity index (χ1v) is 9.92. The summed E-state index contributed by atoms with van der Waals surface area (Å²) >= 11 is 0. The van der Waals surface area contributed by atoms with Crippen molar-refractivity contribution in [2.75, 3.05) is 19.8 Å². The van der Waals surface area contributed by atoms with Crippen molar-refractivity contribution in [3.63, 3.8) is 0 Å². The lowest BCUT2D eigenvalue weighted by Gasteiger charge is -2.16. The molecule has 1 aromatic carbocycles. The number of rotatable bonds is 7. The Bertz CT molecular complexity index is 807. The number of ether oxygens (including phenoxy) is 2. The van der Waals surface area contributed by atoms with Crippen LogP contribution in [0.4, 0.5) is 0 Å². The van der Waals surface area contributed by atoms with Crippen molar-refractivity contribution in [1.29, 1.82) is 0 Å². The molecule has 0 saturated carbocycles. The minimum atomic E-state index is 0. The summed E-state index contributed by atoms with van der Waals surface area (Å²) in [7, 11) is 0. The molecule has 0 radical (unpaired) electrons. The lowest BCUT2D eigenvalue weighted by molar-refractivity contribution is 0.140. The number of guanidine groups is 1. The van der Waals surface area contributed by atoms with E-state index >= 15 is 0 Å². The lowest BCUT2D eigenvalue weighted by atomic mass is 10.1. The van der Waals surface area contributed by atoms with E-state index in [0.29, 0.717) is 19.7 Å². The van der Waals surface area contributed by atoms with E-state index in [1.54, 1.807) is 0 Å². The molecule has 1 unspecified atom stereocenters. The summed E-state index contributed by atoms with van der Waals surface area (Å²) in [5.74, 6) is 1.66. The maximum Gasteiger partial charge on any atom is 0.191 e. The zero-order valence-corrected chi connectivity index (χ0v) is 19.7. The monoisotopic (exact) mass is 510 g/mol. The molecule has 2 N–H and O–H groups in total. The van der Waals surface area contributed by atoms with E-state index in [9.17, 15) is 0 Å². The number of aromatic nitrogens is 1. The van der Waals surface area contributed by atoms with Gasteiger partial charge in [-0.15, -0.1) is 24.0 Å². The first kappa shape index (κ1) is 23.4. The smallest absolute Gasteiger partial charge is 0.191 e. The highest BCUT2D eigenvalue weighted by molar-refractivity contribution is 14.0. The van der Waals surface area contributed by atoms with Gasteiger partial charge in [0.25, 0.3) is 0 Å². The summed E-state index contributed by atoms with van der Waals surface area (Å²) in [6, 6.07) is 12.3. The molecule has 1 saturated heterocycles. The summed E-state index contributed by atoms with van der Waals surface area (Å²) in [6.07, 6.45) is 1.06. The fourth-order valence-corrected chi connectivity index (χ4v) is 3.07. The molecular weight excluding hydrogens is 479 g/mol. The van der Waals surface area contributed by atoms with Gasteiger partial charge in [-0.1, -0.05) is 18.2 Å². The molecule has 0 spiro atoms. The Morgan fingerprint density at radius 3 is 2.83 bits per heavy atom. The second-order valence-corrected chi connectivity index (χ2v) is 7.03. The van der Waals surface area contributed by atoms with Crippen LogP contribution >= 0.6 is 24.0 Å². The van der Waals surface area contributed by atoms with Gasteiger partial charge in [-0.3, -0.25) is 4.98 Å². The van der Waals surface area contributed by atoms with Gasteiger partial charge in [0, 0.05) is 24.2 Å². The van der Waals surface area contributed by atoms with E-state index in [1.165, 1.54) is 5.56 Å². The number of aliphatic imine (C=N–C) groups is 1. The molecule has 1 aromatic heterocycles.